The van der Waals surface area contributed by atoms with Gasteiger partial charge in [-0.25, -0.2) is 4.98 Å². The zero-order valence-electron chi connectivity index (χ0n) is 13.5. The van der Waals surface area contributed by atoms with Crippen LogP contribution in [0.4, 0.5) is 5.82 Å². The molecule has 6 heteroatoms. The van der Waals surface area contributed by atoms with Crippen LogP contribution in [0.15, 0.2) is 46.9 Å². The summed E-state index contributed by atoms with van der Waals surface area (Å²) in [5, 5.41) is 3.22. The zero-order valence-corrected chi connectivity index (χ0v) is 14.3. The van der Waals surface area contributed by atoms with Gasteiger partial charge in [0.2, 0.25) is 5.91 Å². The number of amides is 1. The van der Waals surface area contributed by atoms with Gasteiger partial charge in [-0.1, -0.05) is 49.0 Å². The molecule has 5 nitrogen and oxygen atoms in total. The third kappa shape index (κ3) is 3.28. The van der Waals surface area contributed by atoms with Gasteiger partial charge in [0.25, 0.3) is 5.56 Å². The van der Waals surface area contributed by atoms with Gasteiger partial charge in [0.05, 0.1) is 5.56 Å². The van der Waals surface area contributed by atoms with E-state index in [9.17, 15) is 9.59 Å². The van der Waals surface area contributed by atoms with E-state index in [1.165, 1.54) is 17.3 Å². The number of aryl methyl sites for hydroxylation is 1. The molecule has 124 valence electrons. The molecule has 1 aromatic heterocycles. The van der Waals surface area contributed by atoms with Crippen molar-refractivity contribution in [3.05, 3.63) is 64.0 Å². The number of carbonyl (C=O) groups is 1. The number of nitrogens with zero attached hydrogens (tertiary/aromatic N) is 1. The predicted octanol–water partition coefficient (Wildman–Crippen LogP) is 3.08. The molecule has 24 heavy (non-hydrogen) atoms. The highest BCUT2D eigenvalue weighted by Gasteiger charge is 2.30. The maximum absolute atomic E-state index is 12.6. The van der Waals surface area contributed by atoms with Crippen molar-refractivity contribution in [2.75, 3.05) is 11.1 Å². The van der Waals surface area contributed by atoms with Crippen molar-refractivity contribution in [1.29, 1.82) is 0 Å². The SMILES string of the molecule is C=CCSc1nc2c(c(=O)[nH]1)[C@@H](c1ccc(CC)cc1)CC(=O)N2. The Morgan fingerprint density at radius 3 is 2.75 bits per heavy atom. The molecule has 1 aliphatic heterocycles. The average Bonchev–Trinajstić information content (AvgIpc) is 2.59. The molecule has 1 aromatic carbocycles. The van der Waals surface area contributed by atoms with Crippen LogP contribution in [0.25, 0.3) is 0 Å². The van der Waals surface area contributed by atoms with Gasteiger partial charge in [-0.2, -0.15) is 0 Å². The highest BCUT2D eigenvalue weighted by molar-refractivity contribution is 7.99. The van der Waals surface area contributed by atoms with Gasteiger partial charge in [0.1, 0.15) is 5.82 Å². The number of aromatic nitrogens is 2. The number of rotatable bonds is 5. The van der Waals surface area contributed by atoms with E-state index < -0.39 is 0 Å². The molecule has 0 saturated carbocycles. The molecule has 1 aliphatic rings. The minimum atomic E-state index is -0.269. The highest BCUT2D eigenvalue weighted by Crippen LogP contribution is 2.34. The van der Waals surface area contributed by atoms with E-state index in [-0.39, 0.29) is 23.8 Å². The molecule has 1 amide bonds. The average molecular weight is 341 g/mol. The molecule has 0 saturated heterocycles. The van der Waals surface area contributed by atoms with E-state index in [0.717, 1.165) is 12.0 Å². The quantitative estimate of drug-likeness (QED) is 0.498. The number of hydrogen-bond donors (Lipinski definition) is 2. The number of nitrogens with one attached hydrogen (secondary N) is 2. The maximum Gasteiger partial charge on any atom is 0.257 e. The Bertz CT molecular complexity index is 827. The van der Waals surface area contributed by atoms with Gasteiger partial charge in [-0.3, -0.25) is 9.59 Å². The van der Waals surface area contributed by atoms with Crippen molar-refractivity contribution < 1.29 is 4.79 Å². The second-order valence-electron chi connectivity index (χ2n) is 5.63. The number of hydrogen-bond acceptors (Lipinski definition) is 4. The lowest BCUT2D eigenvalue weighted by molar-refractivity contribution is -0.116. The minimum absolute atomic E-state index is 0.121. The summed E-state index contributed by atoms with van der Waals surface area (Å²) in [5.41, 5.74) is 2.52. The summed E-state index contributed by atoms with van der Waals surface area (Å²) in [5.74, 6) is 0.614. The summed E-state index contributed by atoms with van der Waals surface area (Å²) >= 11 is 1.37. The number of anilines is 1. The predicted molar refractivity (Wildman–Crippen MR) is 96.7 cm³/mol. The van der Waals surface area contributed by atoms with Crippen LogP contribution >= 0.6 is 11.8 Å². The van der Waals surface area contributed by atoms with Gasteiger partial charge >= 0.3 is 0 Å². The Kier molecular flexibility index (Phi) is 4.85. The summed E-state index contributed by atoms with van der Waals surface area (Å²) in [6, 6.07) is 8.06. The van der Waals surface area contributed by atoms with Crippen molar-refractivity contribution in [2.24, 2.45) is 0 Å². The van der Waals surface area contributed by atoms with Crippen LogP contribution < -0.4 is 10.9 Å². The summed E-state index contributed by atoms with van der Waals surface area (Å²) in [6.45, 7) is 5.75. The molecule has 3 rings (SSSR count). The van der Waals surface area contributed by atoms with E-state index >= 15 is 0 Å². The normalized spacial score (nSPS) is 16.4. The lowest BCUT2D eigenvalue weighted by Crippen LogP contribution is -2.31. The Morgan fingerprint density at radius 2 is 2.08 bits per heavy atom. The number of aromatic amines is 1. The summed E-state index contributed by atoms with van der Waals surface area (Å²) in [7, 11) is 0. The number of H-pyrrole nitrogens is 1. The van der Waals surface area contributed by atoms with Crippen molar-refractivity contribution in [3.8, 4) is 0 Å². The smallest absolute Gasteiger partial charge is 0.257 e. The molecular weight excluding hydrogens is 322 g/mol. The molecule has 0 aliphatic carbocycles. The van der Waals surface area contributed by atoms with Gasteiger partial charge in [0.15, 0.2) is 5.16 Å². The second-order valence-corrected chi connectivity index (χ2v) is 6.64. The molecule has 0 bridgehead atoms. The first-order valence-electron chi connectivity index (χ1n) is 7.89. The van der Waals surface area contributed by atoms with Crippen LogP contribution in [0.3, 0.4) is 0 Å². The third-order valence-electron chi connectivity index (χ3n) is 4.06. The number of benzene rings is 1. The molecule has 2 N–H and O–H groups in total. The monoisotopic (exact) mass is 341 g/mol. The molecule has 2 aromatic rings. The van der Waals surface area contributed by atoms with Gasteiger partial charge in [-0.05, 0) is 17.5 Å². The Balaban J connectivity index is 2.03. The molecule has 2 heterocycles. The minimum Gasteiger partial charge on any atom is -0.310 e. The lowest BCUT2D eigenvalue weighted by Gasteiger charge is -2.24. The van der Waals surface area contributed by atoms with Crippen LogP contribution in [-0.4, -0.2) is 21.6 Å². The number of carbonyl (C=O) groups excluding carboxylic acids is 1. The molecule has 0 unspecified atom stereocenters. The standard InChI is InChI=1S/C18H19N3O2S/c1-3-9-24-18-20-16-15(17(23)21-18)13(10-14(22)19-16)12-7-5-11(4-2)6-8-12/h3,5-8,13H,1,4,9-10H2,2H3,(H2,19,20,21,22,23)/t13-/m1/s1. The molecule has 0 fully saturated rings. The van der Waals surface area contributed by atoms with Crippen molar-refractivity contribution in [2.45, 2.75) is 30.8 Å². The topological polar surface area (TPSA) is 74.8 Å². The van der Waals surface area contributed by atoms with E-state index in [0.29, 0.717) is 22.3 Å². The second kappa shape index (κ2) is 7.05. The van der Waals surface area contributed by atoms with E-state index in [1.807, 2.05) is 24.3 Å². The van der Waals surface area contributed by atoms with Crippen molar-refractivity contribution in [1.82, 2.24) is 9.97 Å². The summed E-state index contributed by atoms with van der Waals surface area (Å²) in [6.07, 6.45) is 2.94. The van der Waals surface area contributed by atoms with E-state index in [2.05, 4.69) is 28.8 Å². The van der Waals surface area contributed by atoms with Crippen LogP contribution in [0.1, 0.15) is 36.0 Å². The lowest BCUT2D eigenvalue weighted by atomic mass is 9.86. The summed E-state index contributed by atoms with van der Waals surface area (Å²) < 4.78 is 0. The summed E-state index contributed by atoms with van der Waals surface area (Å²) in [4.78, 5) is 31.9. The Labute approximate surface area is 144 Å². The fourth-order valence-electron chi connectivity index (χ4n) is 2.83. The highest BCUT2D eigenvalue weighted by atomic mass is 32.2. The van der Waals surface area contributed by atoms with Crippen LogP contribution in [0.2, 0.25) is 0 Å². The van der Waals surface area contributed by atoms with Crippen LogP contribution in [0, 0.1) is 0 Å². The van der Waals surface area contributed by atoms with Crippen molar-refractivity contribution in [3.63, 3.8) is 0 Å². The van der Waals surface area contributed by atoms with Gasteiger partial charge in [-0.15, -0.1) is 6.58 Å². The molecule has 0 spiro atoms. The largest absolute Gasteiger partial charge is 0.310 e. The fraction of sp³-hybridized carbons (Fsp3) is 0.278. The maximum atomic E-state index is 12.6. The van der Waals surface area contributed by atoms with Crippen LogP contribution in [0.5, 0.6) is 0 Å². The number of fused-ring (bicyclic) bond motifs is 1. The molecule has 0 radical (unpaired) electrons. The van der Waals surface area contributed by atoms with Crippen LogP contribution in [-0.2, 0) is 11.2 Å². The zero-order chi connectivity index (χ0) is 17.1. The molecular formula is C18H19N3O2S. The Morgan fingerprint density at radius 1 is 1.33 bits per heavy atom. The third-order valence-corrected chi connectivity index (χ3v) is 4.93. The first-order valence-corrected chi connectivity index (χ1v) is 8.87. The van der Waals surface area contributed by atoms with Gasteiger partial charge < -0.3 is 10.3 Å². The Hall–Kier alpha value is -2.34. The fourth-order valence-corrected chi connectivity index (χ4v) is 3.42. The molecule has 1 atom stereocenters. The van der Waals surface area contributed by atoms with Crippen molar-refractivity contribution >= 4 is 23.5 Å². The van der Waals surface area contributed by atoms with E-state index in [1.54, 1.807) is 6.08 Å². The van der Waals surface area contributed by atoms with Gasteiger partial charge in [0, 0.05) is 18.1 Å². The first kappa shape index (κ1) is 16.5. The van der Waals surface area contributed by atoms with E-state index in [4.69, 9.17) is 0 Å². The number of thioether (sulfide) groups is 1. The first-order chi connectivity index (χ1) is 11.6.